The third-order valence-corrected chi connectivity index (χ3v) is 4.55. The van der Waals surface area contributed by atoms with Gasteiger partial charge in [-0.3, -0.25) is 10.1 Å². The maximum absolute atomic E-state index is 12.8. The third-order valence-electron chi connectivity index (χ3n) is 3.60. The molecule has 0 bridgehead atoms. The highest BCUT2D eigenvalue weighted by molar-refractivity contribution is 7.98. The Bertz CT molecular complexity index is 972. The lowest BCUT2D eigenvalue weighted by molar-refractivity contribution is -0.385. The molecule has 0 aliphatic heterocycles. The first-order valence-corrected chi connectivity index (χ1v) is 8.27. The molecule has 0 saturated carbocycles. The van der Waals surface area contributed by atoms with E-state index in [0.717, 1.165) is 12.1 Å². The van der Waals surface area contributed by atoms with Crippen LogP contribution in [0.5, 0.6) is 5.75 Å². The van der Waals surface area contributed by atoms with Crippen molar-refractivity contribution in [2.45, 2.75) is 17.1 Å². The summed E-state index contributed by atoms with van der Waals surface area (Å²) < 4.78 is 43.2. The zero-order valence-electron chi connectivity index (χ0n) is 13.3. The number of ether oxygens (including phenoxy) is 1. The van der Waals surface area contributed by atoms with Crippen LogP contribution in [0.3, 0.4) is 0 Å². The van der Waals surface area contributed by atoms with Gasteiger partial charge < -0.3 is 9.72 Å². The second kappa shape index (κ2) is 6.87. The molecule has 26 heavy (non-hydrogen) atoms. The van der Waals surface area contributed by atoms with Crippen molar-refractivity contribution < 1.29 is 22.8 Å². The van der Waals surface area contributed by atoms with E-state index >= 15 is 0 Å². The predicted octanol–water partition coefficient (Wildman–Crippen LogP) is 4.79. The summed E-state index contributed by atoms with van der Waals surface area (Å²) in [5.41, 5.74) is 0.462. The van der Waals surface area contributed by atoms with Gasteiger partial charge in [-0.15, -0.1) is 0 Å². The minimum atomic E-state index is -4.42. The topological polar surface area (TPSA) is 81.0 Å². The number of alkyl halides is 3. The van der Waals surface area contributed by atoms with Gasteiger partial charge in [0.05, 0.1) is 28.6 Å². The van der Waals surface area contributed by atoms with Gasteiger partial charge in [-0.05, 0) is 29.8 Å². The summed E-state index contributed by atoms with van der Waals surface area (Å²) in [6.45, 7) is 0. The molecule has 6 nitrogen and oxygen atoms in total. The molecular weight excluding hydrogens is 371 g/mol. The Morgan fingerprint density at radius 3 is 2.69 bits per heavy atom. The molecule has 10 heteroatoms. The smallest absolute Gasteiger partial charge is 0.416 e. The number of imidazole rings is 1. The number of nitro benzene ring substituents is 1. The molecule has 1 aromatic heterocycles. The molecule has 3 rings (SSSR count). The van der Waals surface area contributed by atoms with Gasteiger partial charge in [0.1, 0.15) is 0 Å². The monoisotopic (exact) mass is 383 g/mol. The quantitative estimate of drug-likeness (QED) is 0.389. The molecule has 3 aromatic rings. The van der Waals surface area contributed by atoms with Gasteiger partial charge in [-0.2, -0.15) is 13.2 Å². The molecule has 0 radical (unpaired) electrons. The number of methoxy groups -OCH3 is 1. The minimum absolute atomic E-state index is 0.148. The SMILES string of the molecule is COc1ccc(CSc2nc3ccc(C(F)(F)F)cc3[nH]2)cc1[N+](=O)[O-]. The Morgan fingerprint density at radius 2 is 2.04 bits per heavy atom. The molecular formula is C16H12F3N3O3S. The van der Waals surface area contributed by atoms with Gasteiger partial charge in [0, 0.05) is 11.8 Å². The second-order valence-electron chi connectivity index (χ2n) is 5.32. The molecule has 1 N–H and O–H groups in total. The molecule has 0 atom stereocenters. The summed E-state index contributed by atoms with van der Waals surface area (Å²) in [5.74, 6) is 0.517. The first-order valence-electron chi connectivity index (χ1n) is 7.29. The number of benzene rings is 2. The number of thioether (sulfide) groups is 1. The van der Waals surface area contributed by atoms with Crippen LogP contribution in [0, 0.1) is 10.1 Å². The average Bonchev–Trinajstić information content (AvgIpc) is 3.01. The van der Waals surface area contributed by atoms with E-state index in [4.69, 9.17) is 4.74 Å². The third kappa shape index (κ3) is 3.74. The predicted molar refractivity (Wildman–Crippen MR) is 90.3 cm³/mol. The van der Waals surface area contributed by atoms with E-state index in [-0.39, 0.29) is 17.0 Å². The van der Waals surface area contributed by atoms with E-state index in [1.807, 2.05) is 0 Å². The summed E-state index contributed by atoms with van der Waals surface area (Å²) in [4.78, 5) is 17.6. The Kier molecular flexibility index (Phi) is 4.77. The van der Waals surface area contributed by atoms with Crippen molar-refractivity contribution in [2.24, 2.45) is 0 Å². The van der Waals surface area contributed by atoms with Crippen LogP contribution in [0.2, 0.25) is 0 Å². The van der Waals surface area contributed by atoms with E-state index in [9.17, 15) is 23.3 Å². The van der Waals surface area contributed by atoms with Crippen molar-refractivity contribution in [3.63, 3.8) is 0 Å². The Labute approximate surface area is 149 Å². The number of aromatic nitrogens is 2. The van der Waals surface area contributed by atoms with Gasteiger partial charge in [0.15, 0.2) is 10.9 Å². The zero-order valence-corrected chi connectivity index (χ0v) is 14.1. The normalized spacial score (nSPS) is 11.7. The largest absolute Gasteiger partial charge is 0.490 e. The molecule has 0 spiro atoms. The van der Waals surface area contributed by atoms with E-state index in [2.05, 4.69) is 9.97 Å². The second-order valence-corrected chi connectivity index (χ2v) is 6.29. The van der Waals surface area contributed by atoms with Crippen molar-refractivity contribution in [1.29, 1.82) is 0 Å². The van der Waals surface area contributed by atoms with Crippen LogP contribution in [-0.4, -0.2) is 22.0 Å². The van der Waals surface area contributed by atoms with Crippen molar-refractivity contribution in [2.75, 3.05) is 7.11 Å². The van der Waals surface area contributed by atoms with Crippen LogP contribution in [-0.2, 0) is 11.9 Å². The van der Waals surface area contributed by atoms with Crippen molar-refractivity contribution >= 4 is 28.5 Å². The lowest BCUT2D eigenvalue weighted by Gasteiger charge is -2.05. The molecule has 0 unspecified atom stereocenters. The number of halogens is 3. The van der Waals surface area contributed by atoms with E-state index < -0.39 is 16.7 Å². The zero-order chi connectivity index (χ0) is 18.9. The van der Waals surface area contributed by atoms with E-state index in [1.165, 1.54) is 37.1 Å². The van der Waals surface area contributed by atoms with Crippen molar-refractivity contribution in [1.82, 2.24) is 9.97 Å². The highest BCUT2D eigenvalue weighted by Crippen LogP contribution is 2.33. The number of fused-ring (bicyclic) bond motifs is 1. The molecule has 0 aliphatic rings. The fourth-order valence-corrected chi connectivity index (χ4v) is 3.18. The number of hydrogen-bond donors (Lipinski definition) is 1. The van der Waals surface area contributed by atoms with Crippen LogP contribution >= 0.6 is 11.8 Å². The van der Waals surface area contributed by atoms with Crippen LogP contribution in [0.25, 0.3) is 11.0 Å². The van der Waals surface area contributed by atoms with E-state index in [1.54, 1.807) is 6.07 Å². The first kappa shape index (κ1) is 18.1. The van der Waals surface area contributed by atoms with Gasteiger partial charge in [0.25, 0.3) is 0 Å². The van der Waals surface area contributed by atoms with Gasteiger partial charge in [-0.1, -0.05) is 17.8 Å². The fraction of sp³-hybridized carbons (Fsp3) is 0.188. The average molecular weight is 383 g/mol. The van der Waals surface area contributed by atoms with Crippen LogP contribution in [0.1, 0.15) is 11.1 Å². The van der Waals surface area contributed by atoms with Crippen LogP contribution < -0.4 is 4.74 Å². The molecule has 1 heterocycles. The maximum atomic E-state index is 12.8. The highest BCUT2D eigenvalue weighted by atomic mass is 32.2. The van der Waals surface area contributed by atoms with Crippen LogP contribution in [0.4, 0.5) is 18.9 Å². The summed E-state index contributed by atoms with van der Waals surface area (Å²) in [5, 5.41) is 11.5. The maximum Gasteiger partial charge on any atom is 0.416 e. The highest BCUT2D eigenvalue weighted by Gasteiger charge is 2.30. The Hall–Kier alpha value is -2.75. The van der Waals surface area contributed by atoms with E-state index in [0.29, 0.717) is 22.0 Å². The Morgan fingerprint density at radius 1 is 1.27 bits per heavy atom. The van der Waals surface area contributed by atoms with Gasteiger partial charge >= 0.3 is 11.9 Å². The lowest BCUT2D eigenvalue weighted by atomic mass is 10.2. The molecule has 2 aromatic carbocycles. The van der Waals surface area contributed by atoms with Gasteiger partial charge in [-0.25, -0.2) is 4.98 Å². The number of nitrogens with one attached hydrogen (secondary N) is 1. The number of nitrogens with zero attached hydrogens (tertiary/aromatic N) is 2. The number of rotatable bonds is 5. The molecule has 0 amide bonds. The lowest BCUT2D eigenvalue weighted by Crippen LogP contribution is -2.04. The summed E-state index contributed by atoms with van der Waals surface area (Å²) in [6.07, 6.45) is -4.42. The fourth-order valence-electron chi connectivity index (χ4n) is 2.35. The molecule has 0 aliphatic carbocycles. The van der Waals surface area contributed by atoms with Gasteiger partial charge in [0.2, 0.25) is 0 Å². The first-order chi connectivity index (χ1) is 12.3. The van der Waals surface area contributed by atoms with Crippen LogP contribution in [0.15, 0.2) is 41.6 Å². The standard InChI is InChI=1S/C16H12F3N3O3S/c1-25-14-5-2-9(6-13(14)22(23)24)8-26-15-20-11-4-3-10(16(17,18)19)7-12(11)21-15/h2-7H,8H2,1H3,(H,20,21). The van der Waals surface area contributed by atoms with Crippen molar-refractivity contribution in [3.05, 3.63) is 57.6 Å². The number of H-pyrrole nitrogens is 1. The van der Waals surface area contributed by atoms with Crippen molar-refractivity contribution in [3.8, 4) is 5.75 Å². The minimum Gasteiger partial charge on any atom is -0.490 e. The summed E-state index contributed by atoms with van der Waals surface area (Å²) in [7, 11) is 1.35. The molecule has 136 valence electrons. The Balaban J connectivity index is 1.79. The summed E-state index contributed by atoms with van der Waals surface area (Å²) >= 11 is 1.24. The number of aromatic amines is 1. The number of hydrogen-bond acceptors (Lipinski definition) is 5. The molecule has 0 saturated heterocycles. The summed E-state index contributed by atoms with van der Waals surface area (Å²) in [6, 6.07) is 7.87. The number of nitro groups is 1. The molecule has 0 fully saturated rings.